The van der Waals surface area contributed by atoms with Gasteiger partial charge in [-0.2, -0.15) is 0 Å². The number of aromatic nitrogens is 1. The number of benzene rings is 1. The van der Waals surface area contributed by atoms with E-state index >= 15 is 0 Å². The highest BCUT2D eigenvalue weighted by Gasteiger charge is 2.14. The Kier molecular flexibility index (Phi) is 6.46. The number of thiazole rings is 1. The average molecular weight is 364 g/mol. The molecule has 1 heterocycles. The van der Waals surface area contributed by atoms with Gasteiger partial charge in [-0.25, -0.2) is 4.98 Å². The van der Waals surface area contributed by atoms with Crippen LogP contribution in [0.15, 0.2) is 17.1 Å². The minimum Gasteiger partial charge on any atom is -0.493 e. The number of hydrogen-bond acceptors (Lipinski definition) is 6. The van der Waals surface area contributed by atoms with Crippen molar-refractivity contribution in [1.82, 2.24) is 10.3 Å². The van der Waals surface area contributed by atoms with Gasteiger partial charge in [-0.05, 0) is 13.8 Å². The minimum atomic E-state index is 0.550. The molecule has 0 atom stereocenters. The van der Waals surface area contributed by atoms with Crippen molar-refractivity contribution in [1.29, 1.82) is 0 Å². The zero-order valence-corrected chi connectivity index (χ0v) is 16.2. The average Bonchev–Trinajstić information content (AvgIpc) is 2.94. The zero-order chi connectivity index (χ0) is 18.4. The van der Waals surface area contributed by atoms with Crippen molar-refractivity contribution >= 4 is 23.0 Å². The van der Waals surface area contributed by atoms with Gasteiger partial charge in [-0.15, -0.1) is 11.3 Å². The van der Waals surface area contributed by atoms with Crippen LogP contribution in [0, 0.1) is 13.8 Å². The van der Waals surface area contributed by atoms with Crippen molar-refractivity contribution in [3.63, 3.8) is 0 Å². The van der Waals surface area contributed by atoms with E-state index in [1.807, 2.05) is 26.0 Å². The first kappa shape index (κ1) is 18.9. The molecule has 2 aromatic rings. The first-order valence-electron chi connectivity index (χ1n) is 7.73. The molecule has 2 rings (SSSR count). The fraction of sp³-hybridized carbons (Fsp3) is 0.412. The number of rotatable bonds is 6. The number of nitrogens with zero attached hydrogens (tertiary/aromatic N) is 2. The molecular weight excluding hydrogens is 340 g/mol. The van der Waals surface area contributed by atoms with E-state index in [1.165, 1.54) is 4.88 Å². The van der Waals surface area contributed by atoms with Crippen molar-refractivity contribution in [3.8, 4) is 17.2 Å². The lowest BCUT2D eigenvalue weighted by Gasteiger charge is -2.16. The van der Waals surface area contributed by atoms with Gasteiger partial charge in [0.2, 0.25) is 5.75 Å². The van der Waals surface area contributed by atoms with Gasteiger partial charge in [0.25, 0.3) is 0 Å². The Morgan fingerprint density at radius 3 is 2.20 bits per heavy atom. The van der Waals surface area contributed by atoms with Gasteiger partial charge in [-0.3, -0.25) is 4.99 Å². The highest BCUT2D eigenvalue weighted by molar-refractivity contribution is 7.11. The number of guanidine groups is 1. The molecule has 0 aliphatic heterocycles. The largest absolute Gasteiger partial charge is 0.493 e. The Labute approximate surface area is 152 Å². The lowest BCUT2D eigenvalue weighted by molar-refractivity contribution is 0.324. The predicted octanol–water partition coefficient (Wildman–Crippen LogP) is 2.97. The number of nitrogens with one attached hydrogen (secondary N) is 2. The van der Waals surface area contributed by atoms with Crippen LogP contribution in [0.5, 0.6) is 17.2 Å². The van der Waals surface area contributed by atoms with E-state index in [0.717, 1.165) is 16.4 Å². The van der Waals surface area contributed by atoms with Gasteiger partial charge in [-0.1, -0.05) is 0 Å². The van der Waals surface area contributed by atoms with Gasteiger partial charge in [0.15, 0.2) is 17.5 Å². The molecule has 0 fully saturated rings. The summed E-state index contributed by atoms with van der Waals surface area (Å²) in [6, 6.07) is 3.66. The summed E-state index contributed by atoms with van der Waals surface area (Å²) in [7, 11) is 6.47. The fourth-order valence-electron chi connectivity index (χ4n) is 2.37. The molecule has 0 aliphatic rings. The first-order valence-corrected chi connectivity index (χ1v) is 8.54. The summed E-state index contributed by atoms with van der Waals surface area (Å²) in [5.41, 5.74) is 1.82. The van der Waals surface area contributed by atoms with Gasteiger partial charge in [0.1, 0.15) is 0 Å². The summed E-state index contributed by atoms with van der Waals surface area (Å²) in [6.07, 6.45) is 0. The Morgan fingerprint density at radius 1 is 1.12 bits per heavy atom. The minimum absolute atomic E-state index is 0.550. The SMILES string of the molecule is CN=C(NCc1sc(C)nc1C)Nc1cc(OC)c(OC)c(OC)c1. The zero-order valence-electron chi connectivity index (χ0n) is 15.4. The van der Waals surface area contributed by atoms with Crippen LogP contribution in [0.3, 0.4) is 0 Å². The van der Waals surface area contributed by atoms with Gasteiger partial charge in [0, 0.05) is 29.7 Å². The third kappa shape index (κ3) is 4.54. The van der Waals surface area contributed by atoms with E-state index in [1.54, 1.807) is 39.7 Å². The van der Waals surface area contributed by atoms with E-state index in [-0.39, 0.29) is 0 Å². The second-order valence-electron chi connectivity index (χ2n) is 5.21. The molecule has 0 saturated heterocycles. The number of aryl methyl sites for hydroxylation is 2. The van der Waals surface area contributed by atoms with Crippen LogP contribution in [0.4, 0.5) is 5.69 Å². The Hall–Kier alpha value is -2.48. The number of methoxy groups -OCH3 is 3. The molecule has 0 aliphatic carbocycles. The smallest absolute Gasteiger partial charge is 0.203 e. The van der Waals surface area contributed by atoms with E-state index in [9.17, 15) is 0 Å². The van der Waals surface area contributed by atoms with Crippen molar-refractivity contribution in [2.45, 2.75) is 20.4 Å². The number of aliphatic imine (C=N–C) groups is 1. The summed E-state index contributed by atoms with van der Waals surface area (Å²) in [4.78, 5) is 9.87. The van der Waals surface area contributed by atoms with Crippen LogP contribution in [0.2, 0.25) is 0 Å². The molecule has 0 amide bonds. The lowest BCUT2D eigenvalue weighted by Crippen LogP contribution is -2.30. The predicted molar refractivity (Wildman–Crippen MR) is 102 cm³/mol. The third-order valence-corrected chi connectivity index (χ3v) is 4.64. The quantitative estimate of drug-likeness (QED) is 0.606. The van der Waals surface area contributed by atoms with E-state index < -0.39 is 0 Å². The summed E-state index contributed by atoms with van der Waals surface area (Å²) < 4.78 is 16.1. The highest BCUT2D eigenvalue weighted by Crippen LogP contribution is 2.39. The normalized spacial score (nSPS) is 11.2. The van der Waals surface area contributed by atoms with Crippen LogP contribution in [0.1, 0.15) is 15.6 Å². The van der Waals surface area contributed by atoms with Crippen molar-refractivity contribution in [2.75, 3.05) is 33.7 Å². The van der Waals surface area contributed by atoms with Gasteiger partial charge < -0.3 is 24.8 Å². The number of hydrogen-bond donors (Lipinski definition) is 2. The van der Waals surface area contributed by atoms with E-state index in [2.05, 4.69) is 20.6 Å². The lowest BCUT2D eigenvalue weighted by atomic mass is 10.2. The molecule has 8 heteroatoms. The van der Waals surface area contributed by atoms with Crippen LogP contribution in [-0.2, 0) is 6.54 Å². The van der Waals surface area contributed by atoms with Crippen LogP contribution < -0.4 is 24.8 Å². The topological polar surface area (TPSA) is 77.0 Å². The molecule has 1 aromatic heterocycles. The van der Waals surface area contributed by atoms with Crippen molar-refractivity contribution in [2.24, 2.45) is 4.99 Å². The molecule has 1 aromatic carbocycles. The molecule has 2 N–H and O–H groups in total. The molecule has 0 spiro atoms. The summed E-state index contributed by atoms with van der Waals surface area (Å²) in [5, 5.41) is 7.58. The standard InChI is InChI=1S/C17H24N4O3S/c1-10-15(25-11(2)20-10)9-19-17(18-3)21-12-7-13(22-4)16(24-6)14(8-12)23-5/h7-8H,9H2,1-6H3,(H2,18,19,21). The Bertz CT molecular complexity index is 733. The number of anilines is 1. The maximum atomic E-state index is 5.37. The monoisotopic (exact) mass is 364 g/mol. The number of ether oxygens (including phenoxy) is 3. The first-order chi connectivity index (χ1) is 12.0. The maximum Gasteiger partial charge on any atom is 0.203 e. The highest BCUT2D eigenvalue weighted by atomic mass is 32.1. The maximum absolute atomic E-state index is 5.37. The Balaban J connectivity index is 2.14. The van der Waals surface area contributed by atoms with Gasteiger partial charge in [0.05, 0.1) is 38.6 Å². The molecule has 25 heavy (non-hydrogen) atoms. The molecule has 0 saturated carbocycles. The van der Waals surface area contributed by atoms with Crippen LogP contribution in [0.25, 0.3) is 0 Å². The second kappa shape index (κ2) is 8.57. The molecule has 0 radical (unpaired) electrons. The summed E-state index contributed by atoms with van der Waals surface area (Å²) in [6.45, 7) is 4.67. The van der Waals surface area contributed by atoms with E-state index in [4.69, 9.17) is 14.2 Å². The van der Waals surface area contributed by atoms with Crippen LogP contribution >= 0.6 is 11.3 Å². The van der Waals surface area contributed by atoms with Crippen molar-refractivity contribution in [3.05, 3.63) is 27.7 Å². The summed E-state index contributed by atoms with van der Waals surface area (Å²) >= 11 is 1.68. The third-order valence-electron chi connectivity index (χ3n) is 3.57. The van der Waals surface area contributed by atoms with E-state index in [0.29, 0.717) is 29.8 Å². The molecular formula is C17H24N4O3S. The van der Waals surface area contributed by atoms with Crippen molar-refractivity contribution < 1.29 is 14.2 Å². The van der Waals surface area contributed by atoms with Gasteiger partial charge >= 0.3 is 0 Å². The fourth-order valence-corrected chi connectivity index (χ4v) is 3.25. The summed E-state index contributed by atoms with van der Waals surface area (Å²) in [5.74, 6) is 2.34. The molecule has 7 nitrogen and oxygen atoms in total. The Morgan fingerprint density at radius 2 is 1.76 bits per heavy atom. The molecule has 136 valence electrons. The molecule has 0 bridgehead atoms. The van der Waals surface area contributed by atoms with Crippen LogP contribution in [-0.4, -0.2) is 39.3 Å². The molecule has 0 unspecified atom stereocenters. The second-order valence-corrected chi connectivity index (χ2v) is 6.49.